The third-order valence-electron chi connectivity index (χ3n) is 7.46. The van der Waals surface area contributed by atoms with Crippen LogP contribution in [-0.2, 0) is 16.0 Å². The molecule has 11 heteroatoms. The Labute approximate surface area is 251 Å². The van der Waals surface area contributed by atoms with Crippen LogP contribution in [0.4, 0.5) is 0 Å². The molecule has 0 unspecified atom stereocenters. The van der Waals surface area contributed by atoms with E-state index in [0.29, 0.717) is 54.2 Å². The Kier molecular flexibility index (Phi) is 8.27. The molecule has 0 spiro atoms. The van der Waals surface area contributed by atoms with Gasteiger partial charge in [-0.05, 0) is 61.6 Å². The van der Waals surface area contributed by atoms with Gasteiger partial charge in [0.2, 0.25) is 5.91 Å². The molecule has 0 radical (unpaired) electrons. The number of rotatable bonds is 7. The number of fused-ring (bicyclic) bond motifs is 1. The number of aryl methyl sites for hydroxylation is 2. The lowest BCUT2D eigenvalue weighted by molar-refractivity contribution is -0.137. The van der Waals surface area contributed by atoms with E-state index >= 15 is 0 Å². The fourth-order valence-corrected chi connectivity index (χ4v) is 6.52. The fourth-order valence-electron chi connectivity index (χ4n) is 5.53. The first kappa shape index (κ1) is 28.9. The molecule has 1 amide bonds. The van der Waals surface area contributed by atoms with Gasteiger partial charge in [-0.15, -0.1) is 0 Å². The molecule has 5 rings (SSSR count). The van der Waals surface area contributed by atoms with Gasteiger partial charge in [0.05, 0.1) is 15.6 Å². The number of piperidine rings is 1. The number of amides is 1. The van der Waals surface area contributed by atoms with Crippen molar-refractivity contribution in [2.45, 2.75) is 38.5 Å². The Hall–Kier alpha value is -3.59. The fraction of sp³-hybridized carbons (Fsp3) is 0.267. The third kappa shape index (κ3) is 5.52. The van der Waals surface area contributed by atoms with E-state index < -0.39 is 11.9 Å². The zero-order chi connectivity index (χ0) is 29.4. The Morgan fingerprint density at radius 1 is 1.15 bits per heavy atom. The summed E-state index contributed by atoms with van der Waals surface area (Å²) in [4.78, 5) is 39.5. The molecule has 1 saturated heterocycles. The molecule has 2 aromatic carbocycles. The van der Waals surface area contributed by atoms with E-state index in [-0.39, 0.29) is 39.5 Å². The van der Waals surface area contributed by atoms with Crippen molar-refractivity contribution in [3.63, 3.8) is 0 Å². The second-order valence-electron chi connectivity index (χ2n) is 10.0. The van der Waals surface area contributed by atoms with Crippen molar-refractivity contribution < 1.29 is 24.0 Å². The van der Waals surface area contributed by atoms with Gasteiger partial charge in [0.1, 0.15) is 11.3 Å². The summed E-state index contributed by atoms with van der Waals surface area (Å²) in [7, 11) is 0. The molecule has 1 fully saturated rings. The van der Waals surface area contributed by atoms with E-state index in [0.717, 1.165) is 16.5 Å². The van der Waals surface area contributed by atoms with Crippen LogP contribution >= 0.6 is 34.8 Å². The summed E-state index contributed by atoms with van der Waals surface area (Å²) in [5, 5.41) is 15.1. The van der Waals surface area contributed by atoms with Crippen molar-refractivity contribution in [2.75, 3.05) is 13.1 Å². The zero-order valence-electron chi connectivity index (χ0n) is 22.1. The predicted molar refractivity (Wildman–Crippen MR) is 158 cm³/mol. The minimum absolute atomic E-state index is 0.0295. The molecular weight excluding hydrogens is 589 g/mol. The SMILES string of the molecule is C=CC(=O)N1CCC(c2onc(-c3c(Cl)cc(Cl)cc3Cl)c2C(=O)n2cc(C)c3c(CCC(=O)O)cccc32)CC1. The predicted octanol–water partition coefficient (Wildman–Crippen LogP) is 7.16. The lowest BCUT2D eigenvalue weighted by Gasteiger charge is -2.30. The number of aliphatic carboxylic acids is 1. The first-order valence-electron chi connectivity index (χ1n) is 13.0. The van der Waals surface area contributed by atoms with Crippen LogP contribution < -0.4 is 0 Å². The van der Waals surface area contributed by atoms with Crippen molar-refractivity contribution in [1.82, 2.24) is 14.6 Å². The first-order valence-corrected chi connectivity index (χ1v) is 14.2. The molecule has 1 aliphatic rings. The number of aromatic nitrogens is 2. The number of likely N-dealkylation sites (tertiary alicyclic amines) is 1. The van der Waals surface area contributed by atoms with Crippen LogP contribution in [0.5, 0.6) is 0 Å². The van der Waals surface area contributed by atoms with Gasteiger partial charge in [0, 0.05) is 47.6 Å². The molecule has 1 N–H and O–H groups in total. The molecule has 0 bridgehead atoms. The van der Waals surface area contributed by atoms with Crippen molar-refractivity contribution in [2.24, 2.45) is 0 Å². The zero-order valence-corrected chi connectivity index (χ0v) is 24.4. The van der Waals surface area contributed by atoms with Crippen LogP contribution in [-0.4, -0.2) is 50.6 Å². The second kappa shape index (κ2) is 11.7. The lowest BCUT2D eigenvalue weighted by atomic mass is 9.90. The standard InChI is InChI=1S/C30H26Cl3N3O5/c1-3-23(37)35-11-9-18(10-12-35)29-27(28(34-41-29)26-20(32)13-19(31)14-21(26)33)30(40)36-15-16(2)25-17(7-8-24(38)39)5-4-6-22(25)36/h3-6,13-15,18H,1,7-12H2,2H3,(H,38,39). The Morgan fingerprint density at radius 2 is 1.83 bits per heavy atom. The van der Waals surface area contributed by atoms with Crippen molar-refractivity contribution in [1.29, 1.82) is 0 Å². The van der Waals surface area contributed by atoms with Crippen LogP contribution in [0.2, 0.25) is 15.1 Å². The average molecular weight is 615 g/mol. The first-order chi connectivity index (χ1) is 19.6. The number of carboxylic acid groups (broad SMARTS) is 1. The summed E-state index contributed by atoms with van der Waals surface area (Å²) >= 11 is 19.3. The topological polar surface area (TPSA) is 106 Å². The van der Waals surface area contributed by atoms with E-state index in [2.05, 4.69) is 11.7 Å². The summed E-state index contributed by atoms with van der Waals surface area (Å²) in [5.41, 5.74) is 3.04. The highest BCUT2D eigenvalue weighted by Gasteiger charge is 2.35. The summed E-state index contributed by atoms with van der Waals surface area (Å²) in [6, 6.07) is 8.54. The van der Waals surface area contributed by atoms with Crippen molar-refractivity contribution in [3.8, 4) is 11.3 Å². The monoisotopic (exact) mass is 613 g/mol. The normalized spacial score (nSPS) is 14.0. The lowest BCUT2D eigenvalue weighted by Crippen LogP contribution is -2.37. The Bertz CT molecular complexity index is 1680. The van der Waals surface area contributed by atoms with Gasteiger partial charge in [0.25, 0.3) is 5.91 Å². The average Bonchev–Trinajstić information content (AvgIpc) is 3.52. The maximum Gasteiger partial charge on any atom is 0.303 e. The van der Waals surface area contributed by atoms with Gasteiger partial charge < -0.3 is 14.5 Å². The number of hydrogen-bond donors (Lipinski definition) is 1. The quantitative estimate of drug-likeness (QED) is 0.221. The van der Waals surface area contributed by atoms with E-state index in [1.165, 1.54) is 22.8 Å². The summed E-state index contributed by atoms with van der Waals surface area (Å²) in [6.07, 6.45) is 4.43. The van der Waals surface area contributed by atoms with Gasteiger partial charge in [-0.3, -0.25) is 19.0 Å². The molecule has 0 atom stereocenters. The third-order valence-corrected chi connectivity index (χ3v) is 8.27. The number of nitrogens with zero attached hydrogens (tertiary/aromatic N) is 3. The number of halogens is 3. The van der Waals surface area contributed by atoms with Crippen LogP contribution in [0, 0.1) is 6.92 Å². The summed E-state index contributed by atoms with van der Waals surface area (Å²) in [6.45, 7) is 6.39. The number of hydrogen-bond acceptors (Lipinski definition) is 5. The van der Waals surface area contributed by atoms with Crippen LogP contribution in [0.25, 0.3) is 22.2 Å². The highest BCUT2D eigenvalue weighted by atomic mass is 35.5. The molecule has 2 aromatic heterocycles. The number of carbonyl (C=O) groups is 3. The van der Waals surface area contributed by atoms with E-state index in [1.54, 1.807) is 17.2 Å². The highest BCUT2D eigenvalue weighted by molar-refractivity contribution is 6.42. The minimum Gasteiger partial charge on any atom is -0.481 e. The van der Waals surface area contributed by atoms with E-state index in [1.807, 2.05) is 19.1 Å². The molecular formula is C30H26Cl3N3O5. The van der Waals surface area contributed by atoms with E-state index in [9.17, 15) is 19.5 Å². The van der Waals surface area contributed by atoms with Gasteiger partial charge >= 0.3 is 5.97 Å². The summed E-state index contributed by atoms with van der Waals surface area (Å²) in [5.74, 6) is -1.24. The number of carboxylic acids is 1. The smallest absolute Gasteiger partial charge is 0.303 e. The molecule has 0 saturated carbocycles. The van der Waals surface area contributed by atoms with Crippen LogP contribution in [0.1, 0.15) is 52.4 Å². The van der Waals surface area contributed by atoms with Crippen LogP contribution in [0.15, 0.2) is 53.7 Å². The maximum atomic E-state index is 14.5. The van der Waals surface area contributed by atoms with E-state index in [4.69, 9.17) is 39.3 Å². The molecule has 41 heavy (non-hydrogen) atoms. The molecule has 212 valence electrons. The second-order valence-corrected chi connectivity index (χ2v) is 11.3. The minimum atomic E-state index is -0.897. The largest absolute Gasteiger partial charge is 0.481 e. The Morgan fingerprint density at radius 3 is 2.46 bits per heavy atom. The van der Waals surface area contributed by atoms with Crippen LogP contribution in [0.3, 0.4) is 0 Å². The van der Waals surface area contributed by atoms with Crippen molar-refractivity contribution >= 4 is 63.5 Å². The van der Waals surface area contributed by atoms with Gasteiger partial charge in [-0.1, -0.05) is 58.7 Å². The molecule has 1 aliphatic heterocycles. The van der Waals surface area contributed by atoms with Gasteiger partial charge in [-0.2, -0.15) is 0 Å². The number of carbonyl (C=O) groups excluding carboxylic acids is 2. The van der Waals surface area contributed by atoms with Crippen molar-refractivity contribution in [3.05, 3.63) is 86.7 Å². The molecule has 4 aromatic rings. The number of benzene rings is 2. The molecule has 3 heterocycles. The van der Waals surface area contributed by atoms with Gasteiger partial charge in [0.15, 0.2) is 5.76 Å². The van der Waals surface area contributed by atoms with Gasteiger partial charge in [-0.25, -0.2) is 0 Å². The molecule has 0 aliphatic carbocycles. The Balaban J connectivity index is 1.64. The maximum absolute atomic E-state index is 14.5. The highest BCUT2D eigenvalue weighted by Crippen LogP contribution is 2.42. The molecule has 8 nitrogen and oxygen atoms in total. The summed E-state index contributed by atoms with van der Waals surface area (Å²) < 4.78 is 7.41.